The third-order valence-electron chi connectivity index (χ3n) is 6.33. The molecule has 0 aliphatic carbocycles. The molecule has 1 amide bonds. The summed E-state index contributed by atoms with van der Waals surface area (Å²) < 4.78 is 5.83. The van der Waals surface area contributed by atoms with Crippen LogP contribution in [-0.4, -0.2) is 58.1 Å². The van der Waals surface area contributed by atoms with Crippen molar-refractivity contribution in [2.75, 3.05) is 26.2 Å². The predicted octanol–water partition coefficient (Wildman–Crippen LogP) is 2.78. The Morgan fingerprint density at radius 3 is 2.79 bits per heavy atom. The maximum absolute atomic E-state index is 12.9. The van der Waals surface area contributed by atoms with Crippen LogP contribution in [0.4, 0.5) is 0 Å². The highest BCUT2D eigenvalue weighted by Gasteiger charge is 2.43. The van der Waals surface area contributed by atoms with Crippen LogP contribution in [0.15, 0.2) is 35.0 Å². The molecule has 0 saturated carbocycles. The molecule has 2 aliphatic heterocycles. The fourth-order valence-electron chi connectivity index (χ4n) is 4.68. The summed E-state index contributed by atoms with van der Waals surface area (Å²) in [5.74, 6) is 1.97. The summed E-state index contributed by atoms with van der Waals surface area (Å²) in [7, 11) is 0. The first-order valence-corrected chi connectivity index (χ1v) is 10.1. The number of hydrogen-bond donors (Lipinski definition) is 1. The molecule has 1 unspecified atom stereocenters. The largest absolute Gasteiger partial charge is 0.465 e. The molecule has 0 bridgehead atoms. The zero-order valence-corrected chi connectivity index (χ0v) is 16.7. The van der Waals surface area contributed by atoms with Gasteiger partial charge in [0.25, 0.3) is 5.91 Å². The highest BCUT2D eigenvalue weighted by atomic mass is 16.3. The van der Waals surface area contributed by atoms with Crippen LogP contribution in [0.2, 0.25) is 0 Å². The molecular formula is C22H29N3O3. The highest BCUT2D eigenvalue weighted by molar-refractivity contribution is 5.94. The molecule has 28 heavy (non-hydrogen) atoms. The van der Waals surface area contributed by atoms with Crippen LogP contribution < -0.4 is 0 Å². The molecule has 6 heteroatoms. The topological polar surface area (TPSA) is 69.8 Å². The summed E-state index contributed by atoms with van der Waals surface area (Å²) >= 11 is 0. The van der Waals surface area contributed by atoms with E-state index in [1.165, 1.54) is 5.56 Å². The lowest BCUT2D eigenvalue weighted by Gasteiger charge is -2.49. The van der Waals surface area contributed by atoms with Gasteiger partial charge >= 0.3 is 0 Å². The number of aromatic nitrogens is 1. The molecule has 2 aliphatic rings. The number of likely N-dealkylation sites (tertiary alicyclic amines) is 2. The van der Waals surface area contributed by atoms with Crippen LogP contribution in [0.3, 0.4) is 0 Å². The quantitative estimate of drug-likeness (QED) is 0.883. The molecule has 2 fully saturated rings. The van der Waals surface area contributed by atoms with Crippen molar-refractivity contribution in [3.05, 3.63) is 53.2 Å². The van der Waals surface area contributed by atoms with E-state index in [4.69, 9.17) is 4.42 Å². The van der Waals surface area contributed by atoms with Gasteiger partial charge in [-0.1, -0.05) is 0 Å². The Balaban J connectivity index is 1.40. The molecule has 150 valence electrons. The van der Waals surface area contributed by atoms with Crippen LogP contribution in [0.5, 0.6) is 0 Å². The van der Waals surface area contributed by atoms with Crippen molar-refractivity contribution in [3.63, 3.8) is 0 Å². The second-order valence-electron chi connectivity index (χ2n) is 8.51. The van der Waals surface area contributed by atoms with E-state index in [2.05, 4.69) is 22.9 Å². The van der Waals surface area contributed by atoms with E-state index in [1.54, 1.807) is 24.5 Å². The number of rotatable bonds is 3. The minimum atomic E-state index is -0.462. The number of amides is 1. The molecule has 2 aromatic rings. The van der Waals surface area contributed by atoms with Crippen LogP contribution >= 0.6 is 0 Å². The molecular weight excluding hydrogens is 354 g/mol. The number of nitrogens with zero attached hydrogens (tertiary/aromatic N) is 3. The molecule has 0 radical (unpaired) electrons. The van der Waals surface area contributed by atoms with Gasteiger partial charge in [0.2, 0.25) is 0 Å². The van der Waals surface area contributed by atoms with E-state index in [-0.39, 0.29) is 11.3 Å². The zero-order chi connectivity index (χ0) is 19.7. The van der Waals surface area contributed by atoms with Gasteiger partial charge in [-0.15, -0.1) is 0 Å². The lowest BCUT2D eigenvalue weighted by atomic mass is 9.71. The number of pyridine rings is 1. The Bertz CT molecular complexity index is 805. The molecule has 2 aromatic heterocycles. The van der Waals surface area contributed by atoms with Crippen LogP contribution in [-0.2, 0) is 6.54 Å². The molecule has 6 nitrogen and oxygen atoms in total. The first-order chi connectivity index (χ1) is 13.4. The lowest BCUT2D eigenvalue weighted by Crippen LogP contribution is -2.55. The maximum Gasteiger partial charge on any atom is 0.255 e. The smallest absolute Gasteiger partial charge is 0.255 e. The summed E-state index contributed by atoms with van der Waals surface area (Å²) in [5, 5.41) is 10.5. The summed E-state index contributed by atoms with van der Waals surface area (Å²) in [5.41, 5.74) is 1.79. The molecule has 2 saturated heterocycles. The molecule has 1 atom stereocenters. The SMILES string of the molecule is Cc1cc(CN2CCC3(CC2)CC(O)CN(C(=O)c2cccnc2)C3)oc1C. The lowest BCUT2D eigenvalue weighted by molar-refractivity contribution is -0.0344. The van der Waals surface area contributed by atoms with Gasteiger partial charge in [0.05, 0.1) is 18.2 Å². The molecule has 4 heterocycles. The van der Waals surface area contributed by atoms with E-state index in [9.17, 15) is 9.90 Å². The second kappa shape index (κ2) is 7.68. The average Bonchev–Trinajstić information content (AvgIpc) is 3.00. The Morgan fingerprint density at radius 1 is 1.36 bits per heavy atom. The first kappa shape index (κ1) is 19.2. The van der Waals surface area contributed by atoms with Gasteiger partial charge < -0.3 is 14.4 Å². The average molecular weight is 383 g/mol. The Labute approximate surface area is 166 Å². The number of β-amino-alcohol motifs (C(OH)–C–C–N with tert-alkyl or cyclic N) is 1. The minimum absolute atomic E-state index is 0.00102. The number of piperidine rings is 2. The summed E-state index contributed by atoms with van der Waals surface area (Å²) in [4.78, 5) is 21.2. The van der Waals surface area contributed by atoms with Gasteiger partial charge in [0.15, 0.2) is 0 Å². The van der Waals surface area contributed by atoms with Crippen LogP contribution in [0, 0.1) is 19.3 Å². The van der Waals surface area contributed by atoms with Crippen molar-refractivity contribution in [2.24, 2.45) is 5.41 Å². The molecule has 4 rings (SSSR count). The fraction of sp³-hybridized carbons (Fsp3) is 0.545. The number of aliphatic hydroxyl groups excluding tert-OH is 1. The highest BCUT2D eigenvalue weighted by Crippen LogP contribution is 2.40. The van der Waals surface area contributed by atoms with E-state index in [0.717, 1.165) is 50.4 Å². The number of aryl methyl sites for hydroxylation is 2. The van der Waals surface area contributed by atoms with Crippen LogP contribution in [0.25, 0.3) is 0 Å². The van der Waals surface area contributed by atoms with Gasteiger partial charge in [-0.25, -0.2) is 0 Å². The van der Waals surface area contributed by atoms with Gasteiger partial charge in [-0.2, -0.15) is 0 Å². The maximum atomic E-state index is 12.9. The summed E-state index contributed by atoms with van der Waals surface area (Å²) in [6, 6.07) is 5.69. The monoisotopic (exact) mass is 383 g/mol. The molecule has 1 N–H and O–H groups in total. The first-order valence-electron chi connectivity index (χ1n) is 10.1. The predicted molar refractivity (Wildman–Crippen MR) is 106 cm³/mol. The minimum Gasteiger partial charge on any atom is -0.465 e. The number of carbonyl (C=O) groups excluding carboxylic acids is 1. The van der Waals surface area contributed by atoms with Crippen molar-refractivity contribution >= 4 is 5.91 Å². The number of hydrogen-bond acceptors (Lipinski definition) is 5. The van der Waals surface area contributed by atoms with Crippen molar-refractivity contribution in [1.82, 2.24) is 14.8 Å². The van der Waals surface area contributed by atoms with E-state index in [1.807, 2.05) is 11.8 Å². The Kier molecular flexibility index (Phi) is 5.25. The molecule has 0 aromatic carbocycles. The summed E-state index contributed by atoms with van der Waals surface area (Å²) in [6.07, 6.45) is 5.55. The van der Waals surface area contributed by atoms with Crippen molar-refractivity contribution in [1.29, 1.82) is 0 Å². The number of carbonyl (C=O) groups is 1. The molecule has 1 spiro atoms. The normalized spacial score (nSPS) is 22.5. The Morgan fingerprint density at radius 2 is 2.14 bits per heavy atom. The van der Waals surface area contributed by atoms with Crippen molar-refractivity contribution < 1.29 is 14.3 Å². The fourth-order valence-corrected chi connectivity index (χ4v) is 4.68. The third-order valence-corrected chi connectivity index (χ3v) is 6.33. The van der Waals surface area contributed by atoms with Gasteiger partial charge in [0.1, 0.15) is 11.5 Å². The second-order valence-corrected chi connectivity index (χ2v) is 8.51. The summed E-state index contributed by atoms with van der Waals surface area (Å²) in [6.45, 7) is 7.94. The van der Waals surface area contributed by atoms with Gasteiger partial charge in [0, 0.05) is 25.5 Å². The van der Waals surface area contributed by atoms with E-state index in [0.29, 0.717) is 18.7 Å². The van der Waals surface area contributed by atoms with Gasteiger partial charge in [-0.05, 0) is 75.4 Å². The standard InChI is InChI=1S/C22H29N3O3/c1-16-10-20(28-17(16)2)14-24-8-5-22(6-9-24)11-19(26)13-25(15-22)21(27)18-4-3-7-23-12-18/h3-4,7,10,12,19,26H,5-6,8-9,11,13-15H2,1-2H3. The Hall–Kier alpha value is -2.18. The van der Waals surface area contributed by atoms with Crippen molar-refractivity contribution in [3.8, 4) is 0 Å². The van der Waals surface area contributed by atoms with Gasteiger partial charge in [-0.3, -0.25) is 14.7 Å². The van der Waals surface area contributed by atoms with E-state index >= 15 is 0 Å². The third kappa shape index (κ3) is 3.98. The van der Waals surface area contributed by atoms with Crippen LogP contribution in [0.1, 0.15) is 46.7 Å². The zero-order valence-electron chi connectivity index (χ0n) is 16.7. The van der Waals surface area contributed by atoms with Crippen molar-refractivity contribution in [2.45, 2.75) is 45.8 Å². The number of aliphatic hydroxyl groups is 1. The van der Waals surface area contributed by atoms with E-state index < -0.39 is 6.10 Å². The number of furan rings is 1.